The number of piperidine rings is 1. The molecule has 3 N–H and O–H groups in total. The van der Waals surface area contributed by atoms with Crippen LogP contribution in [-0.2, 0) is 0 Å². The summed E-state index contributed by atoms with van der Waals surface area (Å²) in [5, 5.41) is 15.1. The van der Waals surface area contributed by atoms with Crippen molar-refractivity contribution < 1.29 is 9.90 Å². The number of nitrogens with one attached hydrogen (secondary N) is 2. The molecule has 1 rings (SSSR count). The molecule has 0 saturated carbocycles. The number of β-amino-alcohol motifs (C(OH)–C–C–N with tert-alkyl or cyclic N) is 1. The summed E-state index contributed by atoms with van der Waals surface area (Å²) in [4.78, 5) is 13.5. The first kappa shape index (κ1) is 15.0. The Morgan fingerprint density at radius 2 is 2.17 bits per heavy atom. The van der Waals surface area contributed by atoms with E-state index in [1.54, 1.807) is 6.08 Å². The number of likely N-dealkylation sites (tertiary alicyclic amines) is 1. The third kappa shape index (κ3) is 6.02. The minimum absolute atomic E-state index is 0.263. The standard InChI is InChI=1S/C13H25N3O2/c1-3-6-14-13(18)15-9-12(17)10-16-7-4-11(2)5-8-16/h3,11-12,17H,1,4-10H2,2H3,(H2,14,15,18). The second-order valence-corrected chi connectivity index (χ2v) is 5.02. The highest BCUT2D eigenvalue weighted by Gasteiger charge is 2.18. The van der Waals surface area contributed by atoms with Crippen molar-refractivity contribution >= 4 is 6.03 Å². The van der Waals surface area contributed by atoms with Crippen molar-refractivity contribution in [2.24, 2.45) is 5.92 Å². The SMILES string of the molecule is C=CCNC(=O)NCC(O)CN1CCC(C)CC1. The summed E-state index contributed by atoms with van der Waals surface area (Å²) in [6.45, 7) is 9.22. The maximum absolute atomic E-state index is 11.2. The van der Waals surface area contributed by atoms with Crippen molar-refractivity contribution in [3.8, 4) is 0 Å². The van der Waals surface area contributed by atoms with Gasteiger partial charge in [0.25, 0.3) is 0 Å². The minimum atomic E-state index is -0.507. The first-order chi connectivity index (χ1) is 8.61. The van der Waals surface area contributed by atoms with Crippen molar-refractivity contribution in [3.05, 3.63) is 12.7 Å². The molecule has 1 atom stereocenters. The molecule has 5 heteroatoms. The molecule has 104 valence electrons. The van der Waals surface area contributed by atoms with Gasteiger partial charge in [0.05, 0.1) is 6.10 Å². The van der Waals surface area contributed by atoms with Crippen molar-refractivity contribution in [2.45, 2.75) is 25.9 Å². The van der Waals surface area contributed by atoms with E-state index in [9.17, 15) is 9.90 Å². The predicted molar refractivity (Wildman–Crippen MR) is 72.4 cm³/mol. The number of aliphatic hydroxyl groups is 1. The smallest absolute Gasteiger partial charge is 0.315 e. The van der Waals surface area contributed by atoms with Gasteiger partial charge < -0.3 is 20.6 Å². The Labute approximate surface area is 109 Å². The number of rotatable bonds is 6. The lowest BCUT2D eigenvalue weighted by Crippen LogP contribution is -2.45. The highest BCUT2D eigenvalue weighted by Crippen LogP contribution is 2.15. The van der Waals surface area contributed by atoms with E-state index in [0.29, 0.717) is 13.1 Å². The highest BCUT2D eigenvalue weighted by atomic mass is 16.3. The molecule has 2 amide bonds. The van der Waals surface area contributed by atoms with Gasteiger partial charge in [-0.1, -0.05) is 13.0 Å². The Morgan fingerprint density at radius 3 is 2.78 bits per heavy atom. The number of carbonyl (C=O) groups is 1. The average molecular weight is 255 g/mol. The summed E-state index contributed by atoms with van der Waals surface area (Å²) in [6.07, 6.45) is 3.50. The van der Waals surface area contributed by atoms with Crippen LogP contribution in [0.25, 0.3) is 0 Å². The number of carbonyl (C=O) groups excluding carboxylic acids is 1. The number of aliphatic hydroxyl groups excluding tert-OH is 1. The molecule has 1 aliphatic heterocycles. The van der Waals surface area contributed by atoms with E-state index < -0.39 is 6.10 Å². The monoisotopic (exact) mass is 255 g/mol. The lowest BCUT2D eigenvalue weighted by Gasteiger charge is -2.31. The number of hydrogen-bond acceptors (Lipinski definition) is 3. The van der Waals surface area contributed by atoms with Gasteiger partial charge in [-0.15, -0.1) is 6.58 Å². The molecule has 0 aromatic rings. The molecule has 1 fully saturated rings. The van der Waals surface area contributed by atoms with E-state index in [4.69, 9.17) is 0 Å². The first-order valence-corrected chi connectivity index (χ1v) is 6.64. The molecular weight excluding hydrogens is 230 g/mol. The Kier molecular flexibility index (Phi) is 6.75. The minimum Gasteiger partial charge on any atom is -0.390 e. The summed E-state index contributed by atoms with van der Waals surface area (Å²) >= 11 is 0. The van der Waals surface area contributed by atoms with E-state index in [1.165, 1.54) is 12.8 Å². The molecule has 0 aromatic carbocycles. The van der Waals surface area contributed by atoms with Crippen LogP contribution in [0.5, 0.6) is 0 Å². The maximum Gasteiger partial charge on any atom is 0.315 e. The second kappa shape index (κ2) is 8.11. The molecular formula is C13H25N3O2. The van der Waals surface area contributed by atoms with Gasteiger partial charge >= 0.3 is 6.03 Å². The van der Waals surface area contributed by atoms with Crippen LogP contribution in [0.3, 0.4) is 0 Å². The number of urea groups is 1. The summed E-state index contributed by atoms with van der Waals surface area (Å²) in [6, 6.07) is -0.263. The van der Waals surface area contributed by atoms with Gasteiger partial charge in [0.2, 0.25) is 0 Å². The quantitative estimate of drug-likeness (QED) is 0.608. The fraction of sp³-hybridized carbons (Fsp3) is 0.769. The van der Waals surface area contributed by atoms with Crippen LogP contribution in [0.1, 0.15) is 19.8 Å². The predicted octanol–water partition coefficient (Wildman–Crippen LogP) is 0.564. The van der Waals surface area contributed by atoms with Gasteiger partial charge in [0, 0.05) is 19.6 Å². The van der Waals surface area contributed by atoms with Gasteiger partial charge in [0.15, 0.2) is 0 Å². The van der Waals surface area contributed by atoms with Crippen LogP contribution < -0.4 is 10.6 Å². The van der Waals surface area contributed by atoms with E-state index in [-0.39, 0.29) is 12.6 Å². The Bertz CT molecular complexity index is 263. The van der Waals surface area contributed by atoms with E-state index in [2.05, 4.69) is 29.0 Å². The van der Waals surface area contributed by atoms with Gasteiger partial charge in [-0.25, -0.2) is 4.79 Å². The summed E-state index contributed by atoms with van der Waals surface area (Å²) in [7, 11) is 0. The first-order valence-electron chi connectivity index (χ1n) is 6.64. The van der Waals surface area contributed by atoms with E-state index >= 15 is 0 Å². The molecule has 18 heavy (non-hydrogen) atoms. The molecule has 0 aliphatic carbocycles. The summed E-state index contributed by atoms with van der Waals surface area (Å²) in [5.41, 5.74) is 0. The molecule has 1 heterocycles. The van der Waals surface area contributed by atoms with Crippen LogP contribution in [0, 0.1) is 5.92 Å². The fourth-order valence-electron chi connectivity index (χ4n) is 2.05. The zero-order chi connectivity index (χ0) is 13.4. The Morgan fingerprint density at radius 1 is 1.50 bits per heavy atom. The van der Waals surface area contributed by atoms with Crippen LogP contribution in [0.15, 0.2) is 12.7 Å². The van der Waals surface area contributed by atoms with Crippen LogP contribution in [-0.4, -0.2) is 54.9 Å². The normalized spacial score (nSPS) is 19.2. The van der Waals surface area contributed by atoms with Crippen LogP contribution in [0.4, 0.5) is 4.79 Å². The Hall–Kier alpha value is -1.07. The zero-order valence-corrected chi connectivity index (χ0v) is 11.2. The third-order valence-electron chi connectivity index (χ3n) is 3.25. The molecule has 1 aliphatic rings. The van der Waals surface area contributed by atoms with Crippen molar-refractivity contribution in [3.63, 3.8) is 0 Å². The number of hydrogen-bond donors (Lipinski definition) is 3. The molecule has 1 saturated heterocycles. The largest absolute Gasteiger partial charge is 0.390 e. The van der Waals surface area contributed by atoms with Gasteiger partial charge in [-0.2, -0.15) is 0 Å². The maximum atomic E-state index is 11.2. The van der Waals surface area contributed by atoms with E-state index in [0.717, 1.165) is 19.0 Å². The van der Waals surface area contributed by atoms with Gasteiger partial charge in [-0.3, -0.25) is 0 Å². The summed E-state index contributed by atoms with van der Waals surface area (Å²) in [5.74, 6) is 0.793. The second-order valence-electron chi connectivity index (χ2n) is 5.02. The van der Waals surface area contributed by atoms with Gasteiger partial charge in [0.1, 0.15) is 0 Å². The van der Waals surface area contributed by atoms with Crippen molar-refractivity contribution in [2.75, 3.05) is 32.7 Å². The van der Waals surface area contributed by atoms with Gasteiger partial charge in [-0.05, 0) is 31.8 Å². The molecule has 5 nitrogen and oxygen atoms in total. The topological polar surface area (TPSA) is 64.6 Å². The van der Waals surface area contributed by atoms with Crippen LogP contribution in [0.2, 0.25) is 0 Å². The average Bonchev–Trinajstić information content (AvgIpc) is 2.36. The molecule has 0 radical (unpaired) electrons. The lowest BCUT2D eigenvalue weighted by atomic mass is 9.99. The van der Waals surface area contributed by atoms with Crippen molar-refractivity contribution in [1.82, 2.24) is 15.5 Å². The summed E-state index contributed by atoms with van der Waals surface area (Å²) < 4.78 is 0. The zero-order valence-electron chi connectivity index (χ0n) is 11.2. The van der Waals surface area contributed by atoms with E-state index in [1.807, 2.05) is 0 Å². The molecule has 0 aromatic heterocycles. The lowest BCUT2D eigenvalue weighted by molar-refractivity contribution is 0.0920. The molecule has 0 bridgehead atoms. The fourth-order valence-corrected chi connectivity index (χ4v) is 2.05. The molecule has 1 unspecified atom stereocenters. The highest BCUT2D eigenvalue weighted by molar-refractivity contribution is 5.73. The number of amides is 2. The number of nitrogens with zero attached hydrogens (tertiary/aromatic N) is 1. The van der Waals surface area contributed by atoms with Crippen molar-refractivity contribution in [1.29, 1.82) is 0 Å². The molecule has 0 spiro atoms. The Balaban J connectivity index is 2.11. The third-order valence-corrected chi connectivity index (χ3v) is 3.25. The van der Waals surface area contributed by atoms with Crippen LogP contribution >= 0.6 is 0 Å².